The Labute approximate surface area is 128 Å². The predicted octanol–water partition coefficient (Wildman–Crippen LogP) is 4.92. The van der Waals surface area contributed by atoms with Crippen LogP contribution < -0.4 is 10.1 Å². The molecule has 2 nitrogen and oxygen atoms in total. The second kappa shape index (κ2) is 7.16. The van der Waals surface area contributed by atoms with Crippen molar-refractivity contribution < 1.29 is 4.74 Å². The van der Waals surface area contributed by atoms with Gasteiger partial charge < -0.3 is 10.1 Å². The summed E-state index contributed by atoms with van der Waals surface area (Å²) in [5.74, 6) is 1.52. The van der Waals surface area contributed by atoms with Gasteiger partial charge in [-0.2, -0.15) is 0 Å². The molecule has 0 atom stereocenters. The van der Waals surface area contributed by atoms with Crippen LogP contribution in [0.4, 0.5) is 5.69 Å². The molecule has 0 aromatic heterocycles. The highest BCUT2D eigenvalue weighted by Crippen LogP contribution is 2.24. The largest absolute Gasteiger partial charge is 0.491 e. The molecule has 0 bridgehead atoms. The number of hydrogen-bond acceptors (Lipinski definition) is 2. The molecular weight excluding hydrogens is 258 g/mol. The first kappa shape index (κ1) is 15.4. The van der Waals surface area contributed by atoms with Gasteiger partial charge in [-0.25, -0.2) is 0 Å². The van der Waals surface area contributed by atoms with E-state index in [1.807, 2.05) is 6.07 Å². The third kappa shape index (κ3) is 4.25. The number of hydrogen-bond donors (Lipinski definition) is 1. The van der Waals surface area contributed by atoms with Crippen molar-refractivity contribution in [2.75, 3.05) is 18.5 Å². The molecule has 2 rings (SSSR count). The van der Waals surface area contributed by atoms with E-state index in [0.29, 0.717) is 12.5 Å². The fourth-order valence-electron chi connectivity index (χ4n) is 2.25. The number of nitrogens with one attached hydrogen (secondary N) is 1. The van der Waals surface area contributed by atoms with Crippen LogP contribution in [0, 0.1) is 13.8 Å². The molecule has 0 aliphatic carbocycles. The molecule has 21 heavy (non-hydrogen) atoms. The zero-order chi connectivity index (χ0) is 15.2. The average Bonchev–Trinajstić information content (AvgIpc) is 2.46. The van der Waals surface area contributed by atoms with Crippen molar-refractivity contribution in [1.29, 1.82) is 0 Å². The van der Waals surface area contributed by atoms with E-state index in [1.165, 1.54) is 22.4 Å². The Morgan fingerprint density at radius 2 is 1.76 bits per heavy atom. The Balaban J connectivity index is 1.89. The van der Waals surface area contributed by atoms with E-state index in [4.69, 9.17) is 4.74 Å². The molecule has 0 fully saturated rings. The van der Waals surface area contributed by atoms with E-state index >= 15 is 0 Å². The summed E-state index contributed by atoms with van der Waals surface area (Å²) >= 11 is 0. The van der Waals surface area contributed by atoms with Gasteiger partial charge in [0, 0.05) is 12.2 Å². The van der Waals surface area contributed by atoms with E-state index in [0.717, 1.165) is 12.3 Å². The first-order valence-corrected chi connectivity index (χ1v) is 7.61. The van der Waals surface area contributed by atoms with E-state index < -0.39 is 0 Å². The van der Waals surface area contributed by atoms with Crippen molar-refractivity contribution in [2.45, 2.75) is 33.6 Å². The summed E-state index contributed by atoms with van der Waals surface area (Å²) in [6.07, 6.45) is 0. The number of anilines is 1. The Kier molecular flexibility index (Phi) is 5.26. The Morgan fingerprint density at radius 3 is 2.48 bits per heavy atom. The van der Waals surface area contributed by atoms with E-state index in [9.17, 15) is 0 Å². The molecule has 1 N–H and O–H groups in total. The summed E-state index contributed by atoms with van der Waals surface area (Å²) in [6, 6.07) is 14.8. The Bertz CT molecular complexity index is 590. The van der Waals surface area contributed by atoms with Gasteiger partial charge in [0.25, 0.3) is 0 Å². The SMILES string of the molecule is Cc1ccccc1NCCOc1cc(C(C)C)ccc1C. The molecule has 0 aliphatic rings. The third-order valence-electron chi connectivity index (χ3n) is 3.70. The van der Waals surface area contributed by atoms with Crippen LogP contribution in [0.5, 0.6) is 5.75 Å². The zero-order valence-corrected chi connectivity index (χ0v) is 13.4. The quantitative estimate of drug-likeness (QED) is 0.760. The zero-order valence-electron chi connectivity index (χ0n) is 13.4. The number of para-hydroxylation sites is 1. The van der Waals surface area contributed by atoms with Crippen LogP contribution in [0.2, 0.25) is 0 Å². The summed E-state index contributed by atoms with van der Waals surface area (Å²) < 4.78 is 5.93. The molecule has 0 heterocycles. The van der Waals surface area contributed by atoms with Crippen molar-refractivity contribution in [3.05, 3.63) is 59.2 Å². The first-order chi connectivity index (χ1) is 10.1. The van der Waals surface area contributed by atoms with Gasteiger partial charge in [-0.1, -0.05) is 44.2 Å². The van der Waals surface area contributed by atoms with Gasteiger partial charge in [-0.05, 0) is 48.6 Å². The van der Waals surface area contributed by atoms with Crippen LogP contribution in [-0.4, -0.2) is 13.2 Å². The van der Waals surface area contributed by atoms with E-state index in [2.05, 4.69) is 69.4 Å². The highest BCUT2D eigenvalue weighted by Gasteiger charge is 2.04. The molecule has 0 radical (unpaired) electrons. The Morgan fingerprint density at radius 1 is 1.00 bits per heavy atom. The maximum Gasteiger partial charge on any atom is 0.122 e. The topological polar surface area (TPSA) is 21.3 Å². The summed E-state index contributed by atoms with van der Waals surface area (Å²) in [4.78, 5) is 0. The van der Waals surface area contributed by atoms with E-state index in [1.54, 1.807) is 0 Å². The monoisotopic (exact) mass is 283 g/mol. The molecule has 0 amide bonds. The van der Waals surface area contributed by atoms with E-state index in [-0.39, 0.29) is 0 Å². The number of rotatable bonds is 6. The van der Waals surface area contributed by atoms with Crippen molar-refractivity contribution in [3.8, 4) is 5.75 Å². The van der Waals surface area contributed by atoms with Crippen molar-refractivity contribution in [3.63, 3.8) is 0 Å². The summed E-state index contributed by atoms with van der Waals surface area (Å²) in [5.41, 5.74) is 4.95. The summed E-state index contributed by atoms with van der Waals surface area (Å²) in [5, 5.41) is 3.42. The first-order valence-electron chi connectivity index (χ1n) is 7.61. The van der Waals surface area contributed by atoms with Gasteiger partial charge >= 0.3 is 0 Å². The lowest BCUT2D eigenvalue weighted by Gasteiger charge is -2.14. The lowest BCUT2D eigenvalue weighted by atomic mass is 10.0. The number of benzene rings is 2. The van der Waals surface area contributed by atoms with Gasteiger partial charge in [-0.3, -0.25) is 0 Å². The highest BCUT2D eigenvalue weighted by atomic mass is 16.5. The smallest absolute Gasteiger partial charge is 0.122 e. The molecule has 112 valence electrons. The maximum absolute atomic E-state index is 5.93. The molecule has 2 aromatic rings. The molecule has 0 saturated carbocycles. The highest BCUT2D eigenvalue weighted by molar-refractivity contribution is 5.50. The van der Waals surface area contributed by atoms with Crippen LogP contribution >= 0.6 is 0 Å². The van der Waals surface area contributed by atoms with Crippen LogP contribution in [0.3, 0.4) is 0 Å². The van der Waals surface area contributed by atoms with Crippen molar-refractivity contribution in [2.24, 2.45) is 0 Å². The van der Waals surface area contributed by atoms with Crippen molar-refractivity contribution in [1.82, 2.24) is 0 Å². The average molecular weight is 283 g/mol. The predicted molar refractivity (Wildman–Crippen MR) is 90.4 cm³/mol. The molecule has 0 unspecified atom stereocenters. The molecule has 2 aromatic carbocycles. The maximum atomic E-state index is 5.93. The van der Waals surface area contributed by atoms with Gasteiger partial charge in [0.2, 0.25) is 0 Å². The summed E-state index contributed by atoms with van der Waals surface area (Å²) in [7, 11) is 0. The summed E-state index contributed by atoms with van der Waals surface area (Å²) in [6.45, 7) is 10.1. The molecule has 0 spiro atoms. The van der Waals surface area contributed by atoms with Gasteiger partial charge in [0.05, 0.1) is 0 Å². The lowest BCUT2D eigenvalue weighted by Crippen LogP contribution is -2.12. The third-order valence-corrected chi connectivity index (χ3v) is 3.70. The van der Waals surface area contributed by atoms with Crippen LogP contribution in [-0.2, 0) is 0 Å². The Hall–Kier alpha value is -1.96. The minimum Gasteiger partial charge on any atom is -0.491 e. The van der Waals surface area contributed by atoms with Gasteiger partial charge in [-0.15, -0.1) is 0 Å². The normalized spacial score (nSPS) is 10.7. The molecular formula is C19H25NO. The second-order valence-corrected chi connectivity index (χ2v) is 5.77. The van der Waals surface area contributed by atoms with Gasteiger partial charge in [0.1, 0.15) is 12.4 Å². The second-order valence-electron chi connectivity index (χ2n) is 5.77. The van der Waals surface area contributed by atoms with Crippen LogP contribution in [0.15, 0.2) is 42.5 Å². The number of aryl methyl sites for hydroxylation is 2. The van der Waals surface area contributed by atoms with Crippen molar-refractivity contribution >= 4 is 5.69 Å². The molecule has 0 saturated heterocycles. The standard InChI is InChI=1S/C19H25NO/c1-14(2)17-10-9-16(4)19(13-17)21-12-11-20-18-8-6-5-7-15(18)3/h5-10,13-14,20H,11-12H2,1-4H3. The fraction of sp³-hybridized carbons (Fsp3) is 0.368. The lowest BCUT2D eigenvalue weighted by molar-refractivity contribution is 0.330. The van der Waals surface area contributed by atoms with Crippen LogP contribution in [0.25, 0.3) is 0 Å². The van der Waals surface area contributed by atoms with Crippen LogP contribution in [0.1, 0.15) is 36.5 Å². The molecule has 0 aliphatic heterocycles. The van der Waals surface area contributed by atoms with Gasteiger partial charge in [0.15, 0.2) is 0 Å². The molecule has 2 heteroatoms. The number of ether oxygens (including phenoxy) is 1. The fourth-order valence-corrected chi connectivity index (χ4v) is 2.25. The minimum atomic E-state index is 0.526. The minimum absolute atomic E-state index is 0.526.